The van der Waals surface area contributed by atoms with Gasteiger partial charge in [-0.25, -0.2) is 9.36 Å². The standard InChI is InChI=1S/C24H27N7O/c1-18-17-19(2)31(26-18)23-7-8-24(32)30(27-23)16-13-28-11-14-29(15-12-28)22-9-10-25-21-6-4-3-5-20(21)22/h3-10,17H,11-16H2,1-2H3. The third kappa shape index (κ3) is 4.01. The van der Waals surface area contributed by atoms with Gasteiger partial charge in [0, 0.05) is 61.8 Å². The van der Waals surface area contributed by atoms with Crippen molar-refractivity contribution in [2.45, 2.75) is 20.4 Å². The molecule has 8 heteroatoms. The lowest BCUT2D eigenvalue weighted by Crippen LogP contribution is -2.47. The van der Waals surface area contributed by atoms with Crippen LogP contribution in [0.5, 0.6) is 0 Å². The molecule has 8 nitrogen and oxygen atoms in total. The molecule has 0 bridgehead atoms. The predicted molar refractivity (Wildman–Crippen MR) is 125 cm³/mol. The second-order valence-corrected chi connectivity index (χ2v) is 8.27. The van der Waals surface area contributed by atoms with Gasteiger partial charge in [0.1, 0.15) is 0 Å². The number of rotatable bonds is 5. The third-order valence-electron chi connectivity index (χ3n) is 6.05. The fourth-order valence-corrected chi connectivity index (χ4v) is 4.38. The molecule has 0 saturated carbocycles. The van der Waals surface area contributed by atoms with Gasteiger partial charge in [0.15, 0.2) is 5.82 Å². The molecule has 1 saturated heterocycles. The maximum atomic E-state index is 12.4. The van der Waals surface area contributed by atoms with Crippen LogP contribution in [-0.4, -0.2) is 62.2 Å². The molecule has 0 spiro atoms. The summed E-state index contributed by atoms with van der Waals surface area (Å²) in [6, 6.07) is 15.7. The predicted octanol–water partition coefficient (Wildman–Crippen LogP) is 2.42. The zero-order chi connectivity index (χ0) is 22.1. The Labute approximate surface area is 186 Å². The average Bonchev–Trinajstić information content (AvgIpc) is 3.16. The van der Waals surface area contributed by atoms with E-state index in [1.165, 1.54) is 11.1 Å². The normalized spacial score (nSPS) is 14.9. The lowest BCUT2D eigenvalue weighted by molar-refractivity contribution is 0.242. The number of aromatic nitrogens is 5. The Morgan fingerprint density at radius 1 is 0.906 bits per heavy atom. The number of aryl methyl sites for hydroxylation is 2. The number of hydrogen-bond donors (Lipinski definition) is 0. The van der Waals surface area contributed by atoms with Crippen molar-refractivity contribution in [1.29, 1.82) is 0 Å². The van der Waals surface area contributed by atoms with Crippen LogP contribution in [0.3, 0.4) is 0 Å². The minimum atomic E-state index is -0.0860. The van der Waals surface area contributed by atoms with Crippen LogP contribution in [0.1, 0.15) is 11.4 Å². The summed E-state index contributed by atoms with van der Waals surface area (Å²) in [6.07, 6.45) is 1.89. The highest BCUT2D eigenvalue weighted by atomic mass is 16.1. The number of anilines is 1. The molecular weight excluding hydrogens is 402 g/mol. The van der Waals surface area contributed by atoms with Crippen molar-refractivity contribution in [2.75, 3.05) is 37.6 Å². The molecule has 4 aromatic rings. The summed E-state index contributed by atoms with van der Waals surface area (Å²) in [5, 5.41) is 10.2. The monoisotopic (exact) mass is 429 g/mol. The van der Waals surface area contributed by atoms with Crippen LogP contribution in [0, 0.1) is 13.8 Å². The summed E-state index contributed by atoms with van der Waals surface area (Å²) in [5.74, 6) is 0.671. The molecule has 1 fully saturated rings. The van der Waals surface area contributed by atoms with Gasteiger partial charge in [-0.2, -0.15) is 5.10 Å². The van der Waals surface area contributed by atoms with Gasteiger partial charge in [-0.1, -0.05) is 18.2 Å². The van der Waals surface area contributed by atoms with E-state index in [4.69, 9.17) is 0 Å². The zero-order valence-corrected chi connectivity index (χ0v) is 18.5. The number of hydrogen-bond acceptors (Lipinski definition) is 6. The van der Waals surface area contributed by atoms with Gasteiger partial charge in [-0.15, -0.1) is 5.10 Å². The van der Waals surface area contributed by atoms with Crippen molar-refractivity contribution in [2.24, 2.45) is 0 Å². The first kappa shape index (κ1) is 20.4. The van der Waals surface area contributed by atoms with E-state index < -0.39 is 0 Å². The molecule has 4 heterocycles. The Hall–Kier alpha value is -3.52. The molecular formula is C24H27N7O. The van der Waals surface area contributed by atoms with Gasteiger partial charge in [0.2, 0.25) is 0 Å². The molecule has 1 aromatic carbocycles. The minimum Gasteiger partial charge on any atom is -0.368 e. The van der Waals surface area contributed by atoms with Crippen LogP contribution in [0.4, 0.5) is 5.69 Å². The fourth-order valence-electron chi connectivity index (χ4n) is 4.38. The average molecular weight is 430 g/mol. The van der Waals surface area contributed by atoms with Crippen molar-refractivity contribution < 1.29 is 0 Å². The van der Waals surface area contributed by atoms with Crippen molar-refractivity contribution in [3.05, 3.63) is 76.5 Å². The lowest BCUT2D eigenvalue weighted by Gasteiger charge is -2.36. The molecule has 1 aliphatic heterocycles. The summed E-state index contributed by atoms with van der Waals surface area (Å²) in [4.78, 5) is 21.7. The molecule has 164 valence electrons. The summed E-state index contributed by atoms with van der Waals surface area (Å²) in [7, 11) is 0. The Balaban J connectivity index is 1.24. The largest absolute Gasteiger partial charge is 0.368 e. The quantitative estimate of drug-likeness (QED) is 0.485. The topological polar surface area (TPSA) is 72.1 Å². The van der Waals surface area contributed by atoms with Gasteiger partial charge in [-0.05, 0) is 38.1 Å². The van der Waals surface area contributed by atoms with Crippen molar-refractivity contribution in [3.63, 3.8) is 0 Å². The van der Waals surface area contributed by atoms with Crippen molar-refractivity contribution in [1.82, 2.24) is 29.4 Å². The molecule has 1 aliphatic rings. The van der Waals surface area contributed by atoms with Crippen molar-refractivity contribution in [3.8, 4) is 5.82 Å². The van der Waals surface area contributed by atoms with E-state index in [1.807, 2.05) is 32.2 Å². The van der Waals surface area contributed by atoms with Gasteiger partial charge in [-0.3, -0.25) is 14.7 Å². The van der Waals surface area contributed by atoms with Gasteiger partial charge >= 0.3 is 0 Å². The molecule has 0 aliphatic carbocycles. The van der Waals surface area contributed by atoms with E-state index >= 15 is 0 Å². The molecule has 0 amide bonds. The maximum Gasteiger partial charge on any atom is 0.266 e. The smallest absolute Gasteiger partial charge is 0.266 e. The van der Waals surface area contributed by atoms with Crippen LogP contribution in [0.15, 0.2) is 59.5 Å². The third-order valence-corrected chi connectivity index (χ3v) is 6.05. The Kier molecular flexibility index (Phi) is 5.45. The lowest BCUT2D eigenvalue weighted by atomic mass is 10.1. The number of fused-ring (bicyclic) bond motifs is 1. The van der Waals surface area contributed by atoms with E-state index in [0.29, 0.717) is 12.4 Å². The van der Waals surface area contributed by atoms with Crippen LogP contribution < -0.4 is 10.5 Å². The van der Waals surface area contributed by atoms with E-state index in [0.717, 1.165) is 49.6 Å². The van der Waals surface area contributed by atoms with Crippen LogP contribution in [0.25, 0.3) is 16.7 Å². The zero-order valence-electron chi connectivity index (χ0n) is 18.5. The highest BCUT2D eigenvalue weighted by Gasteiger charge is 2.19. The molecule has 0 N–H and O–H groups in total. The minimum absolute atomic E-state index is 0.0860. The van der Waals surface area contributed by atoms with Crippen molar-refractivity contribution >= 4 is 16.6 Å². The van der Waals surface area contributed by atoms with E-state index in [-0.39, 0.29) is 5.56 Å². The second-order valence-electron chi connectivity index (χ2n) is 8.27. The second kappa shape index (κ2) is 8.55. The highest BCUT2D eigenvalue weighted by Crippen LogP contribution is 2.25. The Morgan fingerprint density at radius 2 is 1.72 bits per heavy atom. The SMILES string of the molecule is Cc1cc(C)n(-c2ccc(=O)n(CCN3CCN(c4ccnc5ccccc45)CC3)n2)n1. The van der Waals surface area contributed by atoms with E-state index in [1.54, 1.807) is 21.5 Å². The molecule has 5 rings (SSSR count). The molecule has 0 radical (unpaired) electrons. The number of para-hydroxylation sites is 1. The molecule has 3 aromatic heterocycles. The molecule has 0 atom stereocenters. The Morgan fingerprint density at radius 3 is 2.50 bits per heavy atom. The summed E-state index contributed by atoms with van der Waals surface area (Å²) < 4.78 is 3.33. The first-order chi connectivity index (χ1) is 15.6. The number of pyridine rings is 1. The maximum absolute atomic E-state index is 12.4. The van der Waals surface area contributed by atoms with Gasteiger partial charge in [0.25, 0.3) is 5.56 Å². The fraction of sp³-hybridized carbons (Fsp3) is 0.333. The van der Waals surface area contributed by atoms with E-state index in [2.05, 4.69) is 49.2 Å². The van der Waals surface area contributed by atoms with Crippen LogP contribution in [-0.2, 0) is 6.54 Å². The van der Waals surface area contributed by atoms with Crippen LogP contribution >= 0.6 is 0 Å². The first-order valence-corrected chi connectivity index (χ1v) is 11.0. The summed E-state index contributed by atoms with van der Waals surface area (Å²) in [5.41, 5.74) is 4.12. The van der Waals surface area contributed by atoms with Gasteiger partial charge in [0.05, 0.1) is 17.8 Å². The van der Waals surface area contributed by atoms with Crippen LogP contribution in [0.2, 0.25) is 0 Å². The summed E-state index contributed by atoms with van der Waals surface area (Å²) >= 11 is 0. The number of piperazine rings is 1. The molecule has 32 heavy (non-hydrogen) atoms. The Bertz CT molecular complexity index is 1300. The summed E-state index contributed by atoms with van der Waals surface area (Å²) in [6.45, 7) is 9.08. The first-order valence-electron chi connectivity index (χ1n) is 11.0. The highest BCUT2D eigenvalue weighted by molar-refractivity contribution is 5.91. The number of benzene rings is 1. The van der Waals surface area contributed by atoms with E-state index in [9.17, 15) is 4.79 Å². The molecule has 0 unspecified atom stereocenters. The number of nitrogens with zero attached hydrogens (tertiary/aromatic N) is 7. The van der Waals surface area contributed by atoms with Gasteiger partial charge < -0.3 is 4.90 Å².